The number of hydrogen-bond donors (Lipinski definition) is 0. The van der Waals surface area contributed by atoms with Crippen LogP contribution in [-0.4, -0.2) is 0 Å². The Bertz CT molecular complexity index is 614. The second-order valence-electron chi connectivity index (χ2n) is 5.27. The van der Waals surface area contributed by atoms with Crippen molar-refractivity contribution in [2.24, 2.45) is 0 Å². The molecule has 20 heavy (non-hydrogen) atoms. The molecule has 0 radical (unpaired) electrons. The van der Waals surface area contributed by atoms with Crippen LogP contribution >= 0.6 is 0 Å². The Kier molecular flexibility index (Phi) is 3.28. The van der Waals surface area contributed by atoms with Gasteiger partial charge in [-0.2, -0.15) is 13.2 Å². The molecule has 0 saturated heterocycles. The minimum atomic E-state index is -4.27. The predicted molar refractivity (Wildman–Crippen MR) is 72.7 cm³/mol. The molecule has 1 aliphatic rings. The molecule has 1 aliphatic carbocycles. The van der Waals surface area contributed by atoms with Crippen LogP contribution in [0.5, 0.6) is 0 Å². The highest BCUT2D eigenvalue weighted by Crippen LogP contribution is 2.38. The third-order valence-corrected chi connectivity index (χ3v) is 3.99. The Morgan fingerprint density at radius 1 is 0.950 bits per heavy atom. The first-order valence-corrected chi connectivity index (χ1v) is 6.80. The van der Waals surface area contributed by atoms with Crippen LogP contribution in [0, 0.1) is 0 Å². The maximum absolute atomic E-state index is 12.8. The molecule has 2 aromatic carbocycles. The number of hydrogen-bond acceptors (Lipinski definition) is 0. The molecule has 0 bridgehead atoms. The van der Waals surface area contributed by atoms with Crippen molar-refractivity contribution < 1.29 is 13.2 Å². The van der Waals surface area contributed by atoms with E-state index in [-0.39, 0.29) is 5.92 Å². The molecule has 104 valence electrons. The van der Waals surface area contributed by atoms with E-state index in [0.717, 1.165) is 30.9 Å². The lowest BCUT2D eigenvalue weighted by molar-refractivity contribution is -0.137. The van der Waals surface area contributed by atoms with E-state index in [4.69, 9.17) is 0 Å². The molecular weight excluding hydrogens is 261 g/mol. The molecule has 3 heteroatoms. The van der Waals surface area contributed by atoms with E-state index < -0.39 is 11.7 Å². The number of aryl methyl sites for hydroxylation is 1. The van der Waals surface area contributed by atoms with Gasteiger partial charge < -0.3 is 0 Å². The highest BCUT2D eigenvalue weighted by atomic mass is 19.4. The highest BCUT2D eigenvalue weighted by Gasteiger charge is 2.31. The lowest BCUT2D eigenvalue weighted by atomic mass is 9.79. The highest BCUT2D eigenvalue weighted by molar-refractivity contribution is 5.41. The van der Waals surface area contributed by atoms with Crippen LogP contribution in [0.15, 0.2) is 48.5 Å². The zero-order chi connectivity index (χ0) is 14.2. The van der Waals surface area contributed by atoms with Gasteiger partial charge in [0.05, 0.1) is 5.56 Å². The maximum atomic E-state index is 12.8. The van der Waals surface area contributed by atoms with Crippen LogP contribution in [-0.2, 0) is 12.6 Å². The monoisotopic (exact) mass is 276 g/mol. The summed E-state index contributed by atoms with van der Waals surface area (Å²) in [5.74, 6) is 0.0854. The van der Waals surface area contributed by atoms with Crippen LogP contribution < -0.4 is 0 Å². The molecule has 3 rings (SSSR count). The van der Waals surface area contributed by atoms with Gasteiger partial charge in [0, 0.05) is 5.92 Å². The number of alkyl halides is 3. The summed E-state index contributed by atoms with van der Waals surface area (Å²) in [7, 11) is 0. The van der Waals surface area contributed by atoms with Gasteiger partial charge in [0.25, 0.3) is 0 Å². The van der Waals surface area contributed by atoms with E-state index in [1.807, 2.05) is 24.3 Å². The van der Waals surface area contributed by atoms with Crippen molar-refractivity contribution in [1.29, 1.82) is 0 Å². The Labute approximate surface area is 116 Å². The zero-order valence-corrected chi connectivity index (χ0v) is 11.0. The van der Waals surface area contributed by atoms with Gasteiger partial charge in [0.1, 0.15) is 0 Å². The van der Waals surface area contributed by atoms with Crippen LogP contribution in [0.1, 0.15) is 41.0 Å². The Balaban J connectivity index is 2.03. The topological polar surface area (TPSA) is 0 Å². The Hall–Kier alpha value is -1.77. The summed E-state index contributed by atoms with van der Waals surface area (Å²) < 4.78 is 38.5. The summed E-state index contributed by atoms with van der Waals surface area (Å²) in [6.07, 6.45) is -1.31. The molecule has 0 aromatic heterocycles. The summed E-state index contributed by atoms with van der Waals surface area (Å²) in [5, 5.41) is 0. The van der Waals surface area contributed by atoms with E-state index in [2.05, 4.69) is 6.07 Å². The minimum absolute atomic E-state index is 0.0854. The molecule has 0 saturated carbocycles. The molecule has 0 amide bonds. The maximum Gasteiger partial charge on any atom is 0.416 e. The molecular formula is C17H15F3. The summed E-state index contributed by atoms with van der Waals surface area (Å²) in [4.78, 5) is 0. The number of halogens is 3. The average Bonchev–Trinajstić information content (AvgIpc) is 2.46. The SMILES string of the molecule is FC(F)(F)c1cccc(C2CCCc3ccccc32)c1. The van der Waals surface area contributed by atoms with Crippen molar-refractivity contribution in [2.45, 2.75) is 31.4 Å². The number of rotatable bonds is 1. The lowest BCUT2D eigenvalue weighted by Gasteiger charge is -2.26. The summed E-state index contributed by atoms with van der Waals surface area (Å²) in [6.45, 7) is 0. The van der Waals surface area contributed by atoms with Crippen molar-refractivity contribution in [3.63, 3.8) is 0 Å². The quantitative estimate of drug-likeness (QED) is 0.673. The molecule has 0 spiro atoms. The largest absolute Gasteiger partial charge is 0.416 e. The third-order valence-electron chi connectivity index (χ3n) is 3.99. The van der Waals surface area contributed by atoms with E-state index in [1.54, 1.807) is 0 Å². The van der Waals surface area contributed by atoms with E-state index in [0.29, 0.717) is 0 Å². The van der Waals surface area contributed by atoms with Crippen molar-refractivity contribution in [3.05, 3.63) is 70.8 Å². The zero-order valence-electron chi connectivity index (χ0n) is 11.0. The van der Waals surface area contributed by atoms with Crippen LogP contribution in [0.3, 0.4) is 0 Å². The molecule has 0 heterocycles. The summed E-state index contributed by atoms with van der Waals surface area (Å²) in [5.41, 5.74) is 2.66. The second-order valence-corrected chi connectivity index (χ2v) is 5.27. The third kappa shape index (κ3) is 2.45. The first-order valence-electron chi connectivity index (χ1n) is 6.80. The predicted octanol–water partition coefficient (Wildman–Crippen LogP) is 5.17. The molecule has 0 N–H and O–H groups in total. The molecule has 0 aliphatic heterocycles. The van der Waals surface area contributed by atoms with Gasteiger partial charge in [-0.15, -0.1) is 0 Å². The van der Waals surface area contributed by atoms with E-state index in [9.17, 15) is 13.2 Å². The van der Waals surface area contributed by atoms with Gasteiger partial charge >= 0.3 is 6.18 Å². The van der Waals surface area contributed by atoms with Crippen LogP contribution in [0.2, 0.25) is 0 Å². The van der Waals surface area contributed by atoms with Gasteiger partial charge in [-0.25, -0.2) is 0 Å². The fourth-order valence-corrected chi connectivity index (χ4v) is 3.03. The van der Waals surface area contributed by atoms with Crippen LogP contribution in [0.25, 0.3) is 0 Å². The van der Waals surface area contributed by atoms with Crippen molar-refractivity contribution in [1.82, 2.24) is 0 Å². The summed E-state index contributed by atoms with van der Waals surface area (Å²) >= 11 is 0. The van der Waals surface area contributed by atoms with Gasteiger partial charge in [0.2, 0.25) is 0 Å². The first-order chi connectivity index (χ1) is 9.55. The molecule has 0 nitrogen and oxygen atoms in total. The lowest BCUT2D eigenvalue weighted by Crippen LogP contribution is -2.12. The normalized spacial score (nSPS) is 18.6. The van der Waals surface area contributed by atoms with Crippen molar-refractivity contribution in [2.75, 3.05) is 0 Å². The van der Waals surface area contributed by atoms with Gasteiger partial charge in [-0.05, 0) is 42.0 Å². The molecule has 2 aromatic rings. The fourth-order valence-electron chi connectivity index (χ4n) is 3.03. The molecule has 1 unspecified atom stereocenters. The second kappa shape index (κ2) is 4.97. The number of benzene rings is 2. The first kappa shape index (κ1) is 13.2. The van der Waals surface area contributed by atoms with Crippen LogP contribution in [0.4, 0.5) is 13.2 Å². The number of fused-ring (bicyclic) bond motifs is 1. The Morgan fingerprint density at radius 2 is 1.75 bits per heavy atom. The fraction of sp³-hybridized carbons (Fsp3) is 0.294. The summed E-state index contributed by atoms with van der Waals surface area (Å²) in [6, 6.07) is 13.8. The standard InChI is InChI=1S/C17H15F3/c18-17(19,20)14-8-3-7-13(11-14)16-10-4-6-12-5-1-2-9-15(12)16/h1-3,5,7-9,11,16H,4,6,10H2. The van der Waals surface area contributed by atoms with Gasteiger partial charge in [-0.3, -0.25) is 0 Å². The molecule has 0 fully saturated rings. The van der Waals surface area contributed by atoms with Crippen molar-refractivity contribution in [3.8, 4) is 0 Å². The van der Waals surface area contributed by atoms with Gasteiger partial charge in [0.15, 0.2) is 0 Å². The average molecular weight is 276 g/mol. The van der Waals surface area contributed by atoms with Crippen molar-refractivity contribution >= 4 is 0 Å². The minimum Gasteiger partial charge on any atom is -0.166 e. The van der Waals surface area contributed by atoms with E-state index in [1.165, 1.54) is 23.3 Å². The van der Waals surface area contributed by atoms with E-state index >= 15 is 0 Å². The molecule has 1 atom stereocenters. The van der Waals surface area contributed by atoms with Gasteiger partial charge in [-0.1, -0.05) is 42.5 Å². The Morgan fingerprint density at radius 3 is 2.55 bits per heavy atom. The smallest absolute Gasteiger partial charge is 0.166 e.